The smallest absolute Gasteiger partial charge is 0.337 e. The van der Waals surface area contributed by atoms with Crippen molar-refractivity contribution in [3.05, 3.63) is 77.4 Å². The van der Waals surface area contributed by atoms with Crippen molar-refractivity contribution in [2.45, 2.75) is 18.4 Å². The highest BCUT2D eigenvalue weighted by molar-refractivity contribution is 7.89. The van der Waals surface area contributed by atoms with Crippen LogP contribution in [0.25, 0.3) is 10.8 Å². The summed E-state index contributed by atoms with van der Waals surface area (Å²) in [5.74, 6) is -0.567. The second kappa shape index (κ2) is 7.50. The molecule has 0 saturated carbocycles. The third kappa shape index (κ3) is 3.72. The Morgan fingerprint density at radius 3 is 2.48 bits per heavy atom. The minimum absolute atomic E-state index is 0.105. The van der Waals surface area contributed by atoms with Crippen LogP contribution in [0.15, 0.2) is 65.6 Å². The van der Waals surface area contributed by atoms with E-state index in [1.807, 2.05) is 42.5 Å². The first-order chi connectivity index (χ1) is 12.8. The van der Waals surface area contributed by atoms with E-state index in [0.29, 0.717) is 5.56 Å². The molecule has 3 aromatic rings. The number of esters is 1. The molecular formula is C21H21NO4S. The van der Waals surface area contributed by atoms with Crippen LogP contribution in [0.4, 0.5) is 0 Å². The fourth-order valence-electron chi connectivity index (χ4n) is 3.05. The van der Waals surface area contributed by atoms with Gasteiger partial charge in [0.2, 0.25) is 10.0 Å². The second-order valence-electron chi connectivity index (χ2n) is 6.37. The maximum absolute atomic E-state index is 13.1. The quantitative estimate of drug-likeness (QED) is 0.630. The molecule has 0 unspecified atom stereocenters. The molecule has 0 bridgehead atoms. The summed E-state index contributed by atoms with van der Waals surface area (Å²) in [7, 11) is -0.965. The van der Waals surface area contributed by atoms with Crippen molar-refractivity contribution in [2.75, 3.05) is 14.2 Å². The summed E-state index contributed by atoms with van der Waals surface area (Å²) < 4.78 is 32.3. The monoisotopic (exact) mass is 383 g/mol. The predicted molar refractivity (Wildman–Crippen MR) is 105 cm³/mol. The lowest BCUT2D eigenvalue weighted by molar-refractivity contribution is 0.0600. The summed E-state index contributed by atoms with van der Waals surface area (Å²) in [5.41, 5.74) is 1.70. The maximum Gasteiger partial charge on any atom is 0.337 e. The molecule has 3 aromatic carbocycles. The van der Waals surface area contributed by atoms with Crippen LogP contribution in [0.1, 0.15) is 21.5 Å². The van der Waals surface area contributed by atoms with Crippen LogP contribution >= 0.6 is 0 Å². The zero-order valence-electron chi connectivity index (χ0n) is 15.5. The average Bonchev–Trinajstić information content (AvgIpc) is 2.67. The Labute approximate surface area is 159 Å². The molecule has 3 rings (SSSR count). The van der Waals surface area contributed by atoms with Crippen LogP contribution in [0.2, 0.25) is 0 Å². The van der Waals surface area contributed by atoms with Crippen molar-refractivity contribution in [1.82, 2.24) is 4.31 Å². The van der Waals surface area contributed by atoms with Gasteiger partial charge in [-0.3, -0.25) is 0 Å². The van der Waals surface area contributed by atoms with Crippen LogP contribution in [-0.2, 0) is 21.3 Å². The zero-order chi connectivity index (χ0) is 19.6. The SMILES string of the molecule is COC(=O)c1ccc(C)c(S(=O)(=O)N(C)Cc2cccc3ccccc23)c1. The minimum Gasteiger partial charge on any atom is -0.465 e. The Morgan fingerprint density at radius 2 is 1.74 bits per heavy atom. The Bertz CT molecular complexity index is 1100. The third-order valence-corrected chi connectivity index (χ3v) is 6.52. The first-order valence-corrected chi connectivity index (χ1v) is 9.90. The Kier molecular flexibility index (Phi) is 5.30. The molecule has 27 heavy (non-hydrogen) atoms. The third-order valence-electron chi connectivity index (χ3n) is 4.57. The Balaban J connectivity index is 1.98. The number of ether oxygens (including phenoxy) is 1. The van der Waals surface area contributed by atoms with Crippen molar-refractivity contribution >= 4 is 26.8 Å². The maximum atomic E-state index is 13.1. The van der Waals surface area contributed by atoms with E-state index in [1.165, 1.54) is 17.5 Å². The lowest BCUT2D eigenvalue weighted by Crippen LogP contribution is -2.27. The van der Waals surface area contributed by atoms with Crippen molar-refractivity contribution in [3.63, 3.8) is 0 Å². The van der Waals surface area contributed by atoms with Crippen LogP contribution in [0.5, 0.6) is 0 Å². The molecule has 0 heterocycles. The van der Waals surface area contributed by atoms with Gasteiger partial charge in [0.1, 0.15) is 0 Å². The molecule has 0 saturated heterocycles. The largest absolute Gasteiger partial charge is 0.465 e. The second-order valence-corrected chi connectivity index (χ2v) is 8.38. The first-order valence-electron chi connectivity index (χ1n) is 8.46. The van der Waals surface area contributed by atoms with Gasteiger partial charge in [-0.2, -0.15) is 4.31 Å². The molecule has 0 N–H and O–H groups in total. The number of sulfonamides is 1. The molecule has 0 radical (unpaired) electrons. The van der Waals surface area contributed by atoms with E-state index in [9.17, 15) is 13.2 Å². The van der Waals surface area contributed by atoms with E-state index in [1.54, 1.807) is 26.1 Å². The normalized spacial score (nSPS) is 11.7. The van der Waals surface area contributed by atoms with E-state index in [2.05, 4.69) is 0 Å². The topological polar surface area (TPSA) is 63.7 Å². The number of aryl methyl sites for hydroxylation is 1. The fraction of sp³-hybridized carbons (Fsp3) is 0.190. The molecule has 6 heteroatoms. The van der Waals surface area contributed by atoms with Gasteiger partial charge in [-0.25, -0.2) is 13.2 Å². The van der Waals surface area contributed by atoms with E-state index in [0.717, 1.165) is 16.3 Å². The predicted octanol–water partition coefficient (Wildman–Crippen LogP) is 3.76. The van der Waals surface area contributed by atoms with Crippen molar-refractivity contribution < 1.29 is 17.9 Å². The Hall–Kier alpha value is -2.70. The standard InChI is InChI=1S/C21H21NO4S/c1-15-11-12-17(21(23)26-3)13-20(15)27(24,25)22(2)14-18-9-6-8-16-7-4-5-10-19(16)18/h4-13H,14H2,1-3H3. The highest BCUT2D eigenvalue weighted by Gasteiger charge is 2.25. The van der Waals surface area contributed by atoms with Crippen LogP contribution in [0.3, 0.4) is 0 Å². The van der Waals surface area contributed by atoms with Crippen LogP contribution < -0.4 is 0 Å². The van der Waals surface area contributed by atoms with Crippen LogP contribution in [-0.4, -0.2) is 32.8 Å². The Morgan fingerprint density at radius 1 is 1.04 bits per heavy atom. The molecule has 0 aliphatic heterocycles. The summed E-state index contributed by atoms with van der Waals surface area (Å²) in [6.45, 7) is 1.94. The molecule has 0 aromatic heterocycles. The van der Waals surface area contributed by atoms with Gasteiger partial charge in [-0.15, -0.1) is 0 Å². The lowest BCUT2D eigenvalue weighted by atomic mass is 10.0. The van der Waals surface area contributed by atoms with E-state index in [-0.39, 0.29) is 17.0 Å². The highest BCUT2D eigenvalue weighted by Crippen LogP contribution is 2.25. The van der Waals surface area contributed by atoms with Gasteiger partial charge in [-0.05, 0) is 41.0 Å². The molecule has 0 spiro atoms. The molecule has 0 aliphatic rings. The van der Waals surface area contributed by atoms with Gasteiger partial charge in [-0.1, -0.05) is 48.5 Å². The summed E-state index contributed by atoms with van der Waals surface area (Å²) in [6.07, 6.45) is 0. The van der Waals surface area contributed by atoms with Crippen molar-refractivity contribution in [1.29, 1.82) is 0 Å². The van der Waals surface area contributed by atoms with E-state index < -0.39 is 16.0 Å². The number of benzene rings is 3. The highest BCUT2D eigenvalue weighted by atomic mass is 32.2. The summed E-state index contributed by atoms with van der Waals surface area (Å²) in [6, 6.07) is 18.3. The molecule has 140 valence electrons. The molecule has 0 amide bonds. The van der Waals surface area contributed by atoms with Crippen molar-refractivity contribution in [2.24, 2.45) is 0 Å². The average molecular weight is 383 g/mol. The van der Waals surface area contributed by atoms with Gasteiger partial charge in [0.25, 0.3) is 0 Å². The molecule has 5 nitrogen and oxygen atoms in total. The van der Waals surface area contributed by atoms with Gasteiger partial charge >= 0.3 is 5.97 Å². The van der Waals surface area contributed by atoms with Crippen LogP contribution in [0, 0.1) is 6.92 Å². The lowest BCUT2D eigenvalue weighted by Gasteiger charge is -2.20. The first kappa shape index (κ1) is 19.1. The van der Waals surface area contributed by atoms with Gasteiger partial charge in [0.15, 0.2) is 0 Å². The zero-order valence-corrected chi connectivity index (χ0v) is 16.3. The van der Waals surface area contributed by atoms with Crippen molar-refractivity contribution in [3.8, 4) is 0 Å². The summed E-state index contributed by atoms with van der Waals surface area (Å²) >= 11 is 0. The molecule has 0 fully saturated rings. The number of carbonyl (C=O) groups excluding carboxylic acids is 1. The van der Waals surface area contributed by atoms with Gasteiger partial charge < -0.3 is 4.74 Å². The molecule has 0 atom stereocenters. The number of rotatable bonds is 5. The number of nitrogens with zero attached hydrogens (tertiary/aromatic N) is 1. The molecular weight excluding hydrogens is 362 g/mol. The number of carbonyl (C=O) groups is 1. The number of fused-ring (bicyclic) bond motifs is 1. The fourth-order valence-corrected chi connectivity index (χ4v) is 4.44. The van der Waals surface area contributed by atoms with Gasteiger partial charge in [0, 0.05) is 13.6 Å². The van der Waals surface area contributed by atoms with E-state index in [4.69, 9.17) is 4.74 Å². The number of hydrogen-bond donors (Lipinski definition) is 0. The number of hydrogen-bond acceptors (Lipinski definition) is 4. The minimum atomic E-state index is -3.78. The van der Waals surface area contributed by atoms with E-state index >= 15 is 0 Å². The van der Waals surface area contributed by atoms with Gasteiger partial charge in [0.05, 0.1) is 17.6 Å². The molecule has 0 aliphatic carbocycles. The number of methoxy groups -OCH3 is 1. The summed E-state index contributed by atoms with van der Waals surface area (Å²) in [5, 5.41) is 2.08. The summed E-state index contributed by atoms with van der Waals surface area (Å²) in [4.78, 5) is 11.9.